The second kappa shape index (κ2) is 5.18. The Morgan fingerprint density at radius 1 is 1.67 bits per heavy atom. The molecule has 0 aliphatic rings. The van der Waals surface area contributed by atoms with Crippen molar-refractivity contribution in [3.05, 3.63) is 24.6 Å². The molecule has 2 unspecified atom stereocenters. The molecule has 2 N–H and O–H groups in total. The van der Waals surface area contributed by atoms with Crippen LogP contribution in [0.3, 0.4) is 0 Å². The van der Waals surface area contributed by atoms with Crippen molar-refractivity contribution in [2.45, 2.75) is 13.0 Å². The molecule has 0 spiro atoms. The Kier molecular flexibility index (Phi) is 4.95. The molecule has 0 heterocycles. The van der Waals surface area contributed by atoms with Gasteiger partial charge in [0.2, 0.25) is 0 Å². The highest BCUT2D eigenvalue weighted by Crippen LogP contribution is 2.08. The van der Waals surface area contributed by atoms with E-state index in [0.29, 0.717) is 6.54 Å². The topological polar surface area (TPSA) is 35.5 Å². The second-order valence-electron chi connectivity index (χ2n) is 2.73. The SMILES string of the molecule is C=C(O)C(C)N(C)C(=C)CNP. The molecule has 3 nitrogen and oxygen atoms in total. The van der Waals surface area contributed by atoms with E-state index >= 15 is 0 Å². The molecule has 0 aliphatic carbocycles. The molecule has 2 atom stereocenters. The average Bonchev–Trinajstić information content (AvgIpc) is 2.02. The van der Waals surface area contributed by atoms with Crippen molar-refractivity contribution in [1.82, 2.24) is 9.99 Å². The van der Waals surface area contributed by atoms with Gasteiger partial charge in [-0.1, -0.05) is 22.5 Å². The highest BCUT2D eigenvalue weighted by atomic mass is 31.0. The first-order chi connectivity index (χ1) is 5.50. The van der Waals surface area contributed by atoms with E-state index in [0.717, 1.165) is 5.70 Å². The number of rotatable bonds is 5. The van der Waals surface area contributed by atoms with Crippen LogP contribution < -0.4 is 5.09 Å². The lowest BCUT2D eigenvalue weighted by atomic mass is 10.2. The van der Waals surface area contributed by atoms with Crippen LogP contribution in [-0.2, 0) is 0 Å². The highest BCUT2D eigenvalue weighted by Gasteiger charge is 2.12. The number of nitrogens with zero attached hydrogens (tertiary/aromatic N) is 1. The monoisotopic (exact) mass is 188 g/mol. The number of nitrogens with one attached hydrogen (secondary N) is 1. The fraction of sp³-hybridized carbons (Fsp3) is 0.500. The van der Waals surface area contributed by atoms with Gasteiger partial charge in [-0.15, -0.1) is 0 Å². The van der Waals surface area contributed by atoms with Gasteiger partial charge in [0.05, 0.1) is 6.04 Å². The Bertz CT molecular complexity index is 182. The molecule has 0 radical (unpaired) electrons. The van der Waals surface area contributed by atoms with Crippen LogP contribution in [-0.4, -0.2) is 29.6 Å². The third-order valence-corrected chi connectivity index (χ3v) is 2.07. The molecule has 0 amide bonds. The Balaban J connectivity index is 4.09. The molecule has 0 aliphatic heterocycles. The predicted molar refractivity (Wildman–Crippen MR) is 55.8 cm³/mol. The van der Waals surface area contributed by atoms with Crippen molar-refractivity contribution < 1.29 is 5.11 Å². The van der Waals surface area contributed by atoms with Crippen LogP contribution >= 0.6 is 9.39 Å². The van der Waals surface area contributed by atoms with Crippen molar-refractivity contribution in [3.63, 3.8) is 0 Å². The van der Waals surface area contributed by atoms with Crippen molar-refractivity contribution in [2.24, 2.45) is 0 Å². The summed E-state index contributed by atoms with van der Waals surface area (Å²) in [5, 5.41) is 12.0. The van der Waals surface area contributed by atoms with Gasteiger partial charge in [-0.3, -0.25) is 5.09 Å². The minimum absolute atomic E-state index is 0.0872. The second-order valence-corrected chi connectivity index (χ2v) is 3.13. The molecule has 0 aromatic carbocycles. The molecular weight excluding hydrogens is 171 g/mol. The van der Waals surface area contributed by atoms with E-state index in [2.05, 4.69) is 27.6 Å². The zero-order chi connectivity index (χ0) is 9.72. The highest BCUT2D eigenvalue weighted by molar-refractivity contribution is 7.13. The molecule has 0 rings (SSSR count). The van der Waals surface area contributed by atoms with Gasteiger partial charge in [0.1, 0.15) is 5.76 Å². The Morgan fingerprint density at radius 3 is 2.50 bits per heavy atom. The summed E-state index contributed by atoms with van der Waals surface area (Å²) in [6.45, 7) is 9.86. The van der Waals surface area contributed by atoms with Crippen molar-refractivity contribution >= 4 is 9.39 Å². The molecule has 0 saturated heterocycles. The first kappa shape index (κ1) is 11.5. The van der Waals surface area contributed by atoms with Crippen LogP contribution in [0.2, 0.25) is 0 Å². The molecule has 0 fully saturated rings. The van der Waals surface area contributed by atoms with E-state index in [9.17, 15) is 0 Å². The summed E-state index contributed by atoms with van der Waals surface area (Å²) in [7, 11) is 4.27. The summed E-state index contributed by atoms with van der Waals surface area (Å²) < 4.78 is 0. The Hall–Kier alpha value is -0.530. The largest absolute Gasteiger partial charge is 0.511 e. The maximum absolute atomic E-state index is 9.11. The number of aliphatic hydroxyl groups excluding tert-OH is 1. The fourth-order valence-corrected chi connectivity index (χ4v) is 0.976. The quantitative estimate of drug-likeness (QED) is 0.504. The molecule has 4 heteroatoms. The number of likely N-dealkylation sites (N-methyl/N-ethyl adjacent to an activating group) is 1. The molecule has 0 saturated carbocycles. The maximum Gasteiger partial charge on any atom is 0.107 e. The van der Waals surface area contributed by atoms with Gasteiger partial charge in [-0.2, -0.15) is 0 Å². The number of aliphatic hydroxyl groups is 1. The number of hydrogen-bond donors (Lipinski definition) is 2. The third-order valence-electron chi connectivity index (χ3n) is 1.87. The van der Waals surface area contributed by atoms with Crippen LogP contribution in [0, 0.1) is 0 Å². The smallest absolute Gasteiger partial charge is 0.107 e. The summed E-state index contributed by atoms with van der Waals surface area (Å²) in [6, 6.07) is -0.0872. The molecule has 0 bridgehead atoms. The summed E-state index contributed by atoms with van der Waals surface area (Å²) in [5.41, 5.74) is 0.910. The van der Waals surface area contributed by atoms with E-state index in [-0.39, 0.29) is 11.8 Å². The maximum atomic E-state index is 9.11. The molecular formula is C8H17N2OP. The van der Waals surface area contributed by atoms with Crippen LogP contribution in [0.15, 0.2) is 24.6 Å². The van der Waals surface area contributed by atoms with Gasteiger partial charge in [0, 0.05) is 19.3 Å². The van der Waals surface area contributed by atoms with Gasteiger partial charge >= 0.3 is 0 Å². The summed E-state index contributed by atoms with van der Waals surface area (Å²) in [4.78, 5) is 1.87. The van der Waals surface area contributed by atoms with Gasteiger partial charge in [0.25, 0.3) is 0 Å². The van der Waals surface area contributed by atoms with Crippen molar-refractivity contribution in [3.8, 4) is 0 Å². The average molecular weight is 188 g/mol. The standard InChI is InChI=1S/C8H17N2OP/c1-6(5-9-12)10(4)7(2)8(3)11/h7,9,11H,1,3,5,12H2,2,4H3. The van der Waals surface area contributed by atoms with Gasteiger partial charge in [-0.05, 0) is 6.92 Å². The van der Waals surface area contributed by atoms with Gasteiger partial charge in [-0.25, -0.2) is 0 Å². The molecule has 0 aromatic rings. The summed E-state index contributed by atoms with van der Waals surface area (Å²) >= 11 is 0. The minimum atomic E-state index is -0.0872. The first-order valence-corrected chi connectivity index (χ1v) is 4.30. The summed E-state index contributed by atoms with van der Waals surface area (Å²) in [5.74, 6) is 0.155. The van der Waals surface area contributed by atoms with Crippen LogP contribution in [0.25, 0.3) is 0 Å². The fourth-order valence-electron chi connectivity index (χ4n) is 0.740. The van der Waals surface area contributed by atoms with Crippen molar-refractivity contribution in [2.75, 3.05) is 13.6 Å². The van der Waals surface area contributed by atoms with E-state index in [1.165, 1.54) is 0 Å². The van der Waals surface area contributed by atoms with E-state index in [1.807, 2.05) is 18.9 Å². The Labute approximate surface area is 76.4 Å². The Morgan fingerprint density at radius 2 is 2.17 bits per heavy atom. The van der Waals surface area contributed by atoms with E-state index in [1.54, 1.807) is 0 Å². The molecule has 12 heavy (non-hydrogen) atoms. The predicted octanol–water partition coefficient (Wildman–Crippen LogP) is 1.27. The van der Waals surface area contributed by atoms with Crippen molar-refractivity contribution in [1.29, 1.82) is 0 Å². The van der Waals surface area contributed by atoms with Crippen LogP contribution in [0.4, 0.5) is 0 Å². The third kappa shape index (κ3) is 3.24. The molecule has 70 valence electrons. The zero-order valence-corrected chi connectivity index (χ0v) is 8.83. The lowest BCUT2D eigenvalue weighted by Crippen LogP contribution is -2.32. The van der Waals surface area contributed by atoms with Crippen LogP contribution in [0.5, 0.6) is 0 Å². The number of hydrogen-bond acceptors (Lipinski definition) is 3. The lowest BCUT2D eigenvalue weighted by molar-refractivity contribution is 0.262. The first-order valence-electron chi connectivity index (χ1n) is 3.72. The van der Waals surface area contributed by atoms with Gasteiger partial charge < -0.3 is 10.0 Å². The normalized spacial score (nSPS) is 12.2. The van der Waals surface area contributed by atoms with E-state index < -0.39 is 0 Å². The molecule has 0 aromatic heterocycles. The van der Waals surface area contributed by atoms with Gasteiger partial charge in [0.15, 0.2) is 0 Å². The summed E-state index contributed by atoms with van der Waals surface area (Å²) in [6.07, 6.45) is 0. The lowest BCUT2D eigenvalue weighted by Gasteiger charge is -2.27. The van der Waals surface area contributed by atoms with Crippen LogP contribution in [0.1, 0.15) is 6.92 Å². The minimum Gasteiger partial charge on any atom is -0.511 e. The zero-order valence-electron chi connectivity index (χ0n) is 7.67. The van der Waals surface area contributed by atoms with E-state index in [4.69, 9.17) is 5.11 Å².